The van der Waals surface area contributed by atoms with Crippen molar-refractivity contribution in [2.45, 2.75) is 38.8 Å². The number of nitrogens with one attached hydrogen (secondary N) is 1. The van der Waals surface area contributed by atoms with Gasteiger partial charge in [0.25, 0.3) is 0 Å². The molecule has 4 nitrogen and oxygen atoms in total. The average molecular weight is 262 g/mol. The van der Waals surface area contributed by atoms with Gasteiger partial charge in [-0.2, -0.15) is 0 Å². The van der Waals surface area contributed by atoms with Crippen LogP contribution in [0.5, 0.6) is 0 Å². The number of rotatable bonds is 3. The summed E-state index contributed by atoms with van der Waals surface area (Å²) in [5, 5.41) is 12.2. The number of benzene rings is 1. The molecule has 0 radical (unpaired) electrons. The van der Waals surface area contributed by atoms with Crippen molar-refractivity contribution < 1.29 is 9.90 Å². The zero-order valence-corrected chi connectivity index (χ0v) is 11.6. The summed E-state index contributed by atoms with van der Waals surface area (Å²) in [5.41, 5.74) is 2.31. The Morgan fingerprint density at radius 3 is 2.79 bits per heavy atom. The maximum absolute atomic E-state index is 12.2. The third-order valence-corrected chi connectivity index (χ3v) is 3.77. The van der Waals surface area contributed by atoms with Gasteiger partial charge in [-0.1, -0.05) is 29.8 Å². The van der Waals surface area contributed by atoms with Gasteiger partial charge in [-0.3, -0.25) is 0 Å². The number of carbonyl (C=O) groups is 1. The van der Waals surface area contributed by atoms with E-state index >= 15 is 0 Å². The van der Waals surface area contributed by atoms with Gasteiger partial charge in [0.2, 0.25) is 0 Å². The predicted octanol–water partition coefficient (Wildman–Crippen LogP) is 2.22. The predicted molar refractivity (Wildman–Crippen MR) is 74.9 cm³/mol. The highest BCUT2D eigenvalue weighted by molar-refractivity contribution is 5.75. The lowest BCUT2D eigenvalue weighted by atomic mass is 10.1. The van der Waals surface area contributed by atoms with Crippen molar-refractivity contribution in [3.63, 3.8) is 0 Å². The van der Waals surface area contributed by atoms with E-state index in [4.69, 9.17) is 0 Å². The first-order chi connectivity index (χ1) is 9.11. The molecule has 2 rings (SSSR count). The molecular formula is C15H22N2O2. The summed E-state index contributed by atoms with van der Waals surface area (Å²) < 4.78 is 0. The highest BCUT2D eigenvalue weighted by Gasteiger charge is 2.28. The van der Waals surface area contributed by atoms with Crippen molar-refractivity contribution in [2.24, 2.45) is 0 Å². The van der Waals surface area contributed by atoms with Gasteiger partial charge in [-0.15, -0.1) is 0 Å². The van der Waals surface area contributed by atoms with E-state index in [1.807, 2.05) is 38.1 Å². The summed E-state index contributed by atoms with van der Waals surface area (Å²) in [6.07, 6.45) is 1.86. The smallest absolute Gasteiger partial charge is 0.318 e. The Labute approximate surface area is 114 Å². The quantitative estimate of drug-likeness (QED) is 0.877. The number of carbonyl (C=O) groups excluding carboxylic acids is 1. The van der Waals surface area contributed by atoms with Crippen LogP contribution in [0.3, 0.4) is 0 Å². The maximum atomic E-state index is 12.2. The van der Waals surface area contributed by atoms with E-state index in [1.165, 1.54) is 5.56 Å². The molecule has 1 aliphatic heterocycles. The Morgan fingerprint density at radius 1 is 1.47 bits per heavy atom. The molecule has 0 spiro atoms. The first-order valence-corrected chi connectivity index (χ1v) is 6.86. The van der Waals surface area contributed by atoms with E-state index in [0.717, 1.165) is 24.9 Å². The van der Waals surface area contributed by atoms with Crippen LogP contribution in [0.25, 0.3) is 0 Å². The Hall–Kier alpha value is -1.55. The number of likely N-dealkylation sites (tertiary alicyclic amines) is 1. The van der Waals surface area contributed by atoms with Crippen LogP contribution in [0.15, 0.2) is 24.3 Å². The zero-order chi connectivity index (χ0) is 13.8. The first kappa shape index (κ1) is 13.9. The number of hydrogen-bond acceptors (Lipinski definition) is 2. The summed E-state index contributed by atoms with van der Waals surface area (Å²) in [6.45, 7) is 4.81. The Balaban J connectivity index is 1.96. The van der Waals surface area contributed by atoms with E-state index < -0.39 is 0 Å². The number of hydrogen-bond donors (Lipinski definition) is 2. The minimum atomic E-state index is -0.0791. The van der Waals surface area contributed by atoms with Gasteiger partial charge in [-0.25, -0.2) is 4.79 Å². The molecule has 0 aliphatic carbocycles. The molecule has 104 valence electrons. The first-order valence-electron chi connectivity index (χ1n) is 6.86. The summed E-state index contributed by atoms with van der Waals surface area (Å²) in [4.78, 5) is 13.9. The SMILES string of the molecule is Cc1ccc(C(C)NC(=O)N2CCCC2CO)cc1. The molecule has 4 heteroatoms. The molecule has 0 aromatic heterocycles. The number of amides is 2. The Bertz CT molecular complexity index is 430. The molecule has 2 unspecified atom stereocenters. The van der Waals surface area contributed by atoms with Gasteiger partial charge in [-0.05, 0) is 32.3 Å². The fraction of sp³-hybridized carbons (Fsp3) is 0.533. The van der Waals surface area contributed by atoms with Crippen LogP contribution in [-0.2, 0) is 0 Å². The summed E-state index contributed by atoms with van der Waals surface area (Å²) in [5.74, 6) is 0. The minimum absolute atomic E-state index is 0.0203. The fourth-order valence-corrected chi connectivity index (χ4v) is 2.50. The van der Waals surface area contributed by atoms with Gasteiger partial charge in [0, 0.05) is 6.54 Å². The van der Waals surface area contributed by atoms with E-state index in [2.05, 4.69) is 5.32 Å². The molecule has 1 saturated heterocycles. The number of aliphatic hydroxyl groups excluding tert-OH is 1. The molecule has 1 fully saturated rings. The van der Waals surface area contributed by atoms with Gasteiger partial charge in [0.05, 0.1) is 18.7 Å². The lowest BCUT2D eigenvalue weighted by Crippen LogP contribution is -2.44. The van der Waals surface area contributed by atoms with E-state index in [9.17, 15) is 9.90 Å². The van der Waals surface area contributed by atoms with E-state index in [-0.39, 0.29) is 24.7 Å². The minimum Gasteiger partial charge on any atom is -0.394 e. The summed E-state index contributed by atoms with van der Waals surface area (Å²) >= 11 is 0. The van der Waals surface area contributed by atoms with E-state index in [0.29, 0.717) is 0 Å². The third kappa shape index (κ3) is 3.26. The summed E-state index contributed by atoms with van der Waals surface area (Å²) in [7, 11) is 0. The molecule has 1 aliphatic rings. The monoisotopic (exact) mass is 262 g/mol. The van der Waals surface area contributed by atoms with Crippen molar-refractivity contribution in [3.05, 3.63) is 35.4 Å². The topological polar surface area (TPSA) is 52.6 Å². The highest BCUT2D eigenvalue weighted by Crippen LogP contribution is 2.19. The number of aliphatic hydroxyl groups is 1. The largest absolute Gasteiger partial charge is 0.394 e. The van der Waals surface area contributed by atoms with Crippen LogP contribution >= 0.6 is 0 Å². The van der Waals surface area contributed by atoms with Crippen LogP contribution in [-0.4, -0.2) is 35.2 Å². The lowest BCUT2D eigenvalue weighted by Gasteiger charge is -2.25. The highest BCUT2D eigenvalue weighted by atomic mass is 16.3. The van der Waals surface area contributed by atoms with Crippen molar-refractivity contribution in [3.8, 4) is 0 Å². The normalized spacial score (nSPS) is 20.4. The molecule has 2 N–H and O–H groups in total. The standard InChI is InChI=1S/C15H22N2O2/c1-11-5-7-13(8-6-11)12(2)16-15(19)17-9-3-4-14(17)10-18/h5-8,12,14,18H,3-4,9-10H2,1-2H3,(H,16,19). The molecule has 19 heavy (non-hydrogen) atoms. The average Bonchev–Trinajstić information content (AvgIpc) is 2.87. The summed E-state index contributed by atoms with van der Waals surface area (Å²) in [6, 6.07) is 8.04. The van der Waals surface area contributed by atoms with E-state index in [1.54, 1.807) is 4.90 Å². The van der Waals surface area contributed by atoms with Crippen LogP contribution in [0, 0.1) is 6.92 Å². The van der Waals surface area contributed by atoms with Gasteiger partial charge in [0.1, 0.15) is 0 Å². The fourth-order valence-electron chi connectivity index (χ4n) is 2.50. The third-order valence-electron chi connectivity index (χ3n) is 3.77. The number of aryl methyl sites for hydroxylation is 1. The van der Waals surface area contributed by atoms with Crippen molar-refractivity contribution in [2.75, 3.05) is 13.2 Å². The number of nitrogens with zero attached hydrogens (tertiary/aromatic N) is 1. The van der Waals surface area contributed by atoms with Crippen LogP contribution in [0.4, 0.5) is 4.79 Å². The zero-order valence-electron chi connectivity index (χ0n) is 11.6. The van der Waals surface area contributed by atoms with Gasteiger partial charge >= 0.3 is 6.03 Å². The second kappa shape index (κ2) is 6.06. The van der Waals surface area contributed by atoms with Gasteiger partial charge in [0.15, 0.2) is 0 Å². The molecule has 1 aromatic rings. The number of urea groups is 1. The van der Waals surface area contributed by atoms with Crippen LogP contribution in [0.1, 0.15) is 36.9 Å². The molecule has 2 amide bonds. The maximum Gasteiger partial charge on any atom is 0.318 e. The van der Waals surface area contributed by atoms with Crippen LogP contribution in [0.2, 0.25) is 0 Å². The molecule has 0 saturated carbocycles. The Kier molecular flexibility index (Phi) is 4.43. The van der Waals surface area contributed by atoms with Crippen LogP contribution < -0.4 is 5.32 Å². The molecule has 1 heterocycles. The van der Waals surface area contributed by atoms with Gasteiger partial charge < -0.3 is 15.3 Å². The molecular weight excluding hydrogens is 240 g/mol. The second-order valence-corrected chi connectivity index (χ2v) is 5.25. The molecule has 0 bridgehead atoms. The van der Waals surface area contributed by atoms with Crippen molar-refractivity contribution in [1.29, 1.82) is 0 Å². The molecule has 2 atom stereocenters. The van der Waals surface area contributed by atoms with Crippen molar-refractivity contribution >= 4 is 6.03 Å². The van der Waals surface area contributed by atoms with Crippen molar-refractivity contribution in [1.82, 2.24) is 10.2 Å². The molecule has 1 aromatic carbocycles. The second-order valence-electron chi connectivity index (χ2n) is 5.25. The Morgan fingerprint density at radius 2 is 2.16 bits per heavy atom. The lowest BCUT2D eigenvalue weighted by molar-refractivity contribution is 0.155.